The molecule has 31 heavy (non-hydrogen) atoms. The SMILES string of the molecule is O=C(Nc1nc(-c2ccccc2)c(-c2ccccc2)s1)c1cc(=O)c2ccccc2o1. The molecule has 0 aliphatic heterocycles. The van der Waals surface area contributed by atoms with Gasteiger partial charge in [0, 0.05) is 11.6 Å². The minimum Gasteiger partial charge on any atom is -0.451 e. The van der Waals surface area contributed by atoms with Crippen LogP contribution in [0.2, 0.25) is 0 Å². The third-order valence-corrected chi connectivity index (χ3v) is 5.81. The molecule has 0 saturated carbocycles. The molecule has 0 radical (unpaired) electrons. The quantitative estimate of drug-likeness (QED) is 0.394. The summed E-state index contributed by atoms with van der Waals surface area (Å²) in [6.07, 6.45) is 0. The first kappa shape index (κ1) is 19.0. The average molecular weight is 424 g/mol. The van der Waals surface area contributed by atoms with Crippen LogP contribution in [-0.2, 0) is 0 Å². The second-order valence-corrected chi connectivity index (χ2v) is 7.85. The van der Waals surface area contributed by atoms with Crippen molar-refractivity contribution in [3.8, 4) is 21.7 Å². The number of rotatable bonds is 4. The molecule has 0 unspecified atom stereocenters. The van der Waals surface area contributed by atoms with Gasteiger partial charge in [0.1, 0.15) is 5.58 Å². The zero-order chi connectivity index (χ0) is 21.2. The topological polar surface area (TPSA) is 72.2 Å². The molecule has 150 valence electrons. The molecule has 0 aliphatic carbocycles. The third kappa shape index (κ3) is 3.76. The highest BCUT2D eigenvalue weighted by atomic mass is 32.1. The Morgan fingerprint density at radius 2 is 1.48 bits per heavy atom. The molecular weight excluding hydrogens is 408 g/mol. The van der Waals surface area contributed by atoms with Crippen molar-refractivity contribution in [1.82, 2.24) is 4.98 Å². The normalized spacial score (nSPS) is 10.8. The van der Waals surface area contributed by atoms with Gasteiger partial charge in [0.2, 0.25) is 0 Å². The summed E-state index contributed by atoms with van der Waals surface area (Å²) in [6.45, 7) is 0. The van der Waals surface area contributed by atoms with Crippen molar-refractivity contribution in [1.29, 1.82) is 0 Å². The summed E-state index contributed by atoms with van der Waals surface area (Å²) in [6, 6.07) is 27.8. The van der Waals surface area contributed by atoms with E-state index in [-0.39, 0.29) is 11.2 Å². The lowest BCUT2D eigenvalue weighted by Crippen LogP contribution is -2.14. The van der Waals surface area contributed by atoms with Gasteiger partial charge < -0.3 is 4.42 Å². The number of amides is 1. The average Bonchev–Trinajstić information content (AvgIpc) is 3.24. The molecule has 0 saturated heterocycles. The fraction of sp³-hybridized carbons (Fsp3) is 0. The Hall–Kier alpha value is -4.03. The Morgan fingerprint density at radius 1 is 0.839 bits per heavy atom. The van der Waals surface area contributed by atoms with E-state index in [0.717, 1.165) is 21.7 Å². The Morgan fingerprint density at radius 3 is 2.23 bits per heavy atom. The smallest absolute Gasteiger partial charge is 0.293 e. The predicted octanol–water partition coefficient (Wildman–Crippen LogP) is 5.84. The molecule has 0 aliphatic rings. The molecule has 3 aromatic carbocycles. The molecule has 1 N–H and O–H groups in total. The van der Waals surface area contributed by atoms with Crippen LogP contribution in [0.25, 0.3) is 32.7 Å². The number of nitrogens with one attached hydrogen (secondary N) is 1. The molecule has 6 heteroatoms. The number of benzene rings is 3. The summed E-state index contributed by atoms with van der Waals surface area (Å²) in [5.41, 5.74) is 2.86. The van der Waals surface area contributed by atoms with Crippen LogP contribution in [0.15, 0.2) is 100 Å². The second-order valence-electron chi connectivity index (χ2n) is 6.85. The molecule has 0 atom stereocenters. The molecule has 2 aromatic heterocycles. The number of hydrogen-bond acceptors (Lipinski definition) is 5. The zero-order valence-electron chi connectivity index (χ0n) is 16.2. The van der Waals surface area contributed by atoms with Crippen LogP contribution in [0, 0.1) is 0 Å². The van der Waals surface area contributed by atoms with Crippen molar-refractivity contribution >= 4 is 33.3 Å². The molecule has 2 heterocycles. The van der Waals surface area contributed by atoms with Crippen molar-refractivity contribution in [3.63, 3.8) is 0 Å². The Labute approximate surface area is 181 Å². The van der Waals surface area contributed by atoms with Crippen molar-refractivity contribution in [2.24, 2.45) is 0 Å². The van der Waals surface area contributed by atoms with Crippen LogP contribution in [0.1, 0.15) is 10.6 Å². The first-order valence-corrected chi connectivity index (χ1v) is 10.5. The van der Waals surface area contributed by atoms with E-state index in [9.17, 15) is 9.59 Å². The summed E-state index contributed by atoms with van der Waals surface area (Å²) in [7, 11) is 0. The van der Waals surface area contributed by atoms with Crippen molar-refractivity contribution < 1.29 is 9.21 Å². The van der Waals surface area contributed by atoms with Crippen molar-refractivity contribution in [2.75, 3.05) is 5.32 Å². The van der Waals surface area contributed by atoms with E-state index in [1.165, 1.54) is 17.4 Å². The maximum absolute atomic E-state index is 12.8. The van der Waals surface area contributed by atoms with Crippen LogP contribution >= 0.6 is 11.3 Å². The molecule has 0 fully saturated rings. The highest BCUT2D eigenvalue weighted by Gasteiger charge is 2.18. The lowest BCUT2D eigenvalue weighted by molar-refractivity contribution is 0.0997. The maximum atomic E-state index is 12.8. The van der Waals surface area contributed by atoms with E-state index < -0.39 is 5.91 Å². The number of thiazole rings is 1. The number of nitrogens with zero attached hydrogens (tertiary/aromatic N) is 1. The highest BCUT2D eigenvalue weighted by molar-refractivity contribution is 7.19. The summed E-state index contributed by atoms with van der Waals surface area (Å²) in [5.74, 6) is -0.572. The Bertz CT molecular complexity index is 1380. The van der Waals surface area contributed by atoms with Crippen LogP contribution in [0.5, 0.6) is 0 Å². The lowest BCUT2D eigenvalue weighted by Gasteiger charge is -2.02. The number of para-hydroxylation sites is 1. The summed E-state index contributed by atoms with van der Waals surface area (Å²) in [4.78, 5) is 30.8. The molecule has 5 nitrogen and oxygen atoms in total. The summed E-state index contributed by atoms with van der Waals surface area (Å²) in [5, 5.41) is 3.65. The van der Waals surface area contributed by atoms with Crippen LogP contribution in [-0.4, -0.2) is 10.9 Å². The Kier molecular flexibility index (Phi) is 4.90. The van der Waals surface area contributed by atoms with Gasteiger partial charge >= 0.3 is 0 Å². The molecule has 0 spiro atoms. The van der Waals surface area contributed by atoms with E-state index >= 15 is 0 Å². The summed E-state index contributed by atoms with van der Waals surface area (Å²) >= 11 is 1.38. The molecule has 0 bridgehead atoms. The van der Waals surface area contributed by atoms with Crippen LogP contribution in [0.4, 0.5) is 5.13 Å². The number of hydrogen-bond donors (Lipinski definition) is 1. The van der Waals surface area contributed by atoms with E-state index in [0.29, 0.717) is 16.1 Å². The second kappa shape index (κ2) is 8.01. The third-order valence-electron chi connectivity index (χ3n) is 4.79. The number of carbonyl (C=O) groups is 1. The van der Waals surface area contributed by atoms with Gasteiger partial charge in [-0.25, -0.2) is 4.98 Å². The highest BCUT2D eigenvalue weighted by Crippen LogP contribution is 2.39. The van der Waals surface area contributed by atoms with E-state index in [1.807, 2.05) is 60.7 Å². The van der Waals surface area contributed by atoms with Crippen molar-refractivity contribution in [2.45, 2.75) is 0 Å². The van der Waals surface area contributed by atoms with Gasteiger partial charge in [-0.1, -0.05) is 84.1 Å². The van der Waals surface area contributed by atoms with E-state index in [2.05, 4.69) is 10.3 Å². The van der Waals surface area contributed by atoms with Gasteiger partial charge in [-0.15, -0.1) is 0 Å². The zero-order valence-corrected chi connectivity index (χ0v) is 17.1. The standard InChI is InChI=1S/C25H16N2O3S/c28-19-15-21(30-20-14-8-7-13-18(19)20)24(29)27-25-26-22(16-9-3-1-4-10-16)23(31-25)17-11-5-2-6-12-17/h1-15H,(H,26,27,29). The van der Waals surface area contributed by atoms with Crippen molar-refractivity contribution in [3.05, 3.63) is 107 Å². The fourth-order valence-corrected chi connectivity index (χ4v) is 4.31. The van der Waals surface area contributed by atoms with Gasteiger partial charge in [-0.05, 0) is 17.7 Å². The predicted molar refractivity (Wildman–Crippen MR) is 123 cm³/mol. The summed E-state index contributed by atoms with van der Waals surface area (Å²) < 4.78 is 5.65. The minimum absolute atomic E-state index is 0.0542. The van der Waals surface area contributed by atoms with Gasteiger partial charge in [0.15, 0.2) is 16.3 Å². The monoisotopic (exact) mass is 424 g/mol. The van der Waals surface area contributed by atoms with Gasteiger partial charge in [0.25, 0.3) is 5.91 Å². The number of fused-ring (bicyclic) bond motifs is 1. The maximum Gasteiger partial charge on any atom is 0.293 e. The van der Waals surface area contributed by atoms with Gasteiger partial charge in [0.05, 0.1) is 16.0 Å². The molecule has 1 amide bonds. The fourth-order valence-electron chi connectivity index (χ4n) is 3.33. The first-order chi connectivity index (χ1) is 15.2. The largest absolute Gasteiger partial charge is 0.451 e. The van der Waals surface area contributed by atoms with Gasteiger partial charge in [-0.2, -0.15) is 0 Å². The van der Waals surface area contributed by atoms with Crippen LogP contribution < -0.4 is 10.7 Å². The minimum atomic E-state index is -0.518. The van der Waals surface area contributed by atoms with Gasteiger partial charge in [-0.3, -0.25) is 14.9 Å². The molecule has 5 aromatic rings. The van der Waals surface area contributed by atoms with Crippen LogP contribution in [0.3, 0.4) is 0 Å². The first-order valence-electron chi connectivity index (χ1n) is 9.65. The number of anilines is 1. The number of aromatic nitrogens is 1. The van der Waals surface area contributed by atoms with E-state index in [1.54, 1.807) is 24.3 Å². The molecule has 5 rings (SSSR count). The number of carbonyl (C=O) groups excluding carboxylic acids is 1. The molecular formula is C25H16N2O3S. The lowest BCUT2D eigenvalue weighted by atomic mass is 10.1. The Balaban J connectivity index is 1.53. The van der Waals surface area contributed by atoms with E-state index in [4.69, 9.17) is 4.42 Å².